The standard InChI is InChI=1S/C21H20N6O4/c1-3-31-17-9-7-15(8-10-17)23-20-24-19(14-5-4-6-16(12-14)27(29)30)26-18(28)11-13(2)22-21(26)25-20/h4-12,19H,3H2,1-2H3,(H2,22,23,24,25). The molecule has 0 saturated carbocycles. The van der Waals surface area contributed by atoms with Crippen LogP contribution in [-0.2, 0) is 0 Å². The summed E-state index contributed by atoms with van der Waals surface area (Å²) in [5.74, 6) is 1.40. The van der Waals surface area contributed by atoms with E-state index in [0.717, 1.165) is 11.4 Å². The molecule has 1 aromatic heterocycles. The zero-order chi connectivity index (χ0) is 22.0. The minimum atomic E-state index is -0.818. The average Bonchev–Trinajstić information content (AvgIpc) is 2.74. The Labute approximate surface area is 177 Å². The molecule has 0 amide bonds. The molecule has 3 aromatic rings. The van der Waals surface area contributed by atoms with Crippen LogP contribution in [0.3, 0.4) is 0 Å². The van der Waals surface area contributed by atoms with Crippen LogP contribution >= 0.6 is 0 Å². The molecule has 2 N–H and O–H groups in total. The first-order valence-electron chi connectivity index (χ1n) is 9.64. The molecular formula is C21H20N6O4. The van der Waals surface area contributed by atoms with Crippen molar-refractivity contribution in [1.82, 2.24) is 9.55 Å². The Hall–Kier alpha value is -4.21. The summed E-state index contributed by atoms with van der Waals surface area (Å²) < 4.78 is 6.82. The van der Waals surface area contributed by atoms with Crippen molar-refractivity contribution < 1.29 is 9.66 Å². The molecule has 0 bridgehead atoms. The van der Waals surface area contributed by atoms with Crippen molar-refractivity contribution in [3.05, 3.63) is 86.3 Å². The van der Waals surface area contributed by atoms with Crippen LogP contribution < -0.4 is 20.9 Å². The van der Waals surface area contributed by atoms with Gasteiger partial charge in [-0.15, -0.1) is 0 Å². The molecule has 31 heavy (non-hydrogen) atoms. The zero-order valence-corrected chi connectivity index (χ0v) is 16.9. The van der Waals surface area contributed by atoms with Crippen LogP contribution in [0.25, 0.3) is 0 Å². The summed E-state index contributed by atoms with van der Waals surface area (Å²) in [6.07, 6.45) is -0.818. The number of nitrogens with one attached hydrogen (secondary N) is 2. The normalized spacial score (nSPS) is 14.8. The Kier molecular flexibility index (Phi) is 5.35. The van der Waals surface area contributed by atoms with Crippen LogP contribution in [0.4, 0.5) is 17.3 Å². The summed E-state index contributed by atoms with van der Waals surface area (Å²) in [5.41, 5.74) is 1.40. The highest BCUT2D eigenvalue weighted by molar-refractivity contribution is 6.03. The van der Waals surface area contributed by atoms with Gasteiger partial charge in [-0.2, -0.15) is 0 Å². The van der Waals surface area contributed by atoms with Crippen molar-refractivity contribution in [2.24, 2.45) is 4.99 Å². The molecule has 1 aliphatic rings. The minimum Gasteiger partial charge on any atom is -0.494 e. The van der Waals surface area contributed by atoms with Crippen molar-refractivity contribution in [3.8, 4) is 5.75 Å². The van der Waals surface area contributed by atoms with Crippen molar-refractivity contribution in [2.45, 2.75) is 20.0 Å². The maximum absolute atomic E-state index is 12.7. The minimum absolute atomic E-state index is 0.0816. The van der Waals surface area contributed by atoms with Crippen LogP contribution in [0.2, 0.25) is 0 Å². The largest absolute Gasteiger partial charge is 0.494 e. The summed E-state index contributed by atoms with van der Waals surface area (Å²) in [4.78, 5) is 32.5. The van der Waals surface area contributed by atoms with E-state index in [-0.39, 0.29) is 11.2 Å². The van der Waals surface area contributed by atoms with Crippen LogP contribution in [0.5, 0.6) is 5.75 Å². The number of aryl methyl sites for hydroxylation is 1. The Morgan fingerprint density at radius 3 is 2.71 bits per heavy atom. The number of rotatable bonds is 5. The van der Waals surface area contributed by atoms with E-state index in [9.17, 15) is 14.9 Å². The third-order valence-electron chi connectivity index (χ3n) is 4.61. The van der Waals surface area contributed by atoms with E-state index in [0.29, 0.717) is 29.8 Å². The number of non-ortho nitro benzene ring substituents is 1. The molecule has 0 aliphatic carbocycles. The molecule has 0 spiro atoms. The van der Waals surface area contributed by atoms with E-state index >= 15 is 0 Å². The lowest BCUT2D eigenvalue weighted by Gasteiger charge is -2.27. The number of benzene rings is 2. The highest BCUT2D eigenvalue weighted by Gasteiger charge is 2.26. The Bertz CT molecular complexity index is 1220. The number of ether oxygens (including phenoxy) is 1. The Morgan fingerprint density at radius 2 is 2.00 bits per heavy atom. The van der Waals surface area contributed by atoms with Crippen molar-refractivity contribution in [1.29, 1.82) is 0 Å². The lowest BCUT2D eigenvalue weighted by Crippen LogP contribution is -2.37. The van der Waals surface area contributed by atoms with Gasteiger partial charge in [-0.25, -0.2) is 9.98 Å². The fourth-order valence-corrected chi connectivity index (χ4v) is 3.27. The van der Waals surface area contributed by atoms with Gasteiger partial charge in [-0.05, 0) is 38.1 Å². The molecule has 2 aromatic carbocycles. The van der Waals surface area contributed by atoms with Crippen molar-refractivity contribution in [2.75, 3.05) is 17.2 Å². The first-order valence-corrected chi connectivity index (χ1v) is 9.64. The third kappa shape index (κ3) is 4.22. The number of anilines is 2. The molecular weight excluding hydrogens is 400 g/mol. The lowest BCUT2D eigenvalue weighted by atomic mass is 10.1. The van der Waals surface area contributed by atoms with Gasteiger partial charge in [0.15, 0.2) is 6.17 Å². The summed E-state index contributed by atoms with van der Waals surface area (Å²) in [6, 6.07) is 14.8. The number of guanidine groups is 1. The number of nitrogens with zero attached hydrogens (tertiary/aromatic N) is 4. The average molecular weight is 420 g/mol. The predicted octanol–water partition coefficient (Wildman–Crippen LogP) is 3.30. The van der Waals surface area contributed by atoms with Crippen LogP contribution in [0, 0.1) is 17.0 Å². The first-order chi connectivity index (χ1) is 14.9. The molecule has 1 atom stereocenters. The number of aliphatic imine (C=N–C) groups is 1. The smallest absolute Gasteiger partial charge is 0.269 e. The van der Waals surface area contributed by atoms with Crippen LogP contribution in [-0.4, -0.2) is 27.0 Å². The molecule has 1 unspecified atom stereocenters. The molecule has 10 heteroatoms. The van der Waals surface area contributed by atoms with Crippen molar-refractivity contribution >= 4 is 23.3 Å². The van der Waals surface area contributed by atoms with Gasteiger partial charge in [0.05, 0.1) is 11.5 Å². The van der Waals surface area contributed by atoms with E-state index in [4.69, 9.17) is 4.74 Å². The van der Waals surface area contributed by atoms with Gasteiger partial charge < -0.3 is 10.1 Å². The summed E-state index contributed by atoms with van der Waals surface area (Å²) in [6.45, 7) is 4.20. The molecule has 1 aliphatic heterocycles. The van der Waals surface area contributed by atoms with E-state index in [1.165, 1.54) is 22.8 Å². The van der Waals surface area contributed by atoms with Gasteiger partial charge in [0.1, 0.15) is 5.75 Å². The van der Waals surface area contributed by atoms with E-state index in [2.05, 4.69) is 20.6 Å². The maximum Gasteiger partial charge on any atom is 0.269 e. The van der Waals surface area contributed by atoms with Crippen LogP contribution in [0.1, 0.15) is 24.3 Å². The van der Waals surface area contributed by atoms with E-state index < -0.39 is 11.1 Å². The number of aromatic nitrogens is 2. The van der Waals surface area contributed by atoms with Crippen molar-refractivity contribution in [3.63, 3.8) is 0 Å². The molecule has 10 nitrogen and oxygen atoms in total. The Balaban J connectivity index is 1.74. The number of nitro groups is 1. The second kappa shape index (κ2) is 8.27. The summed E-state index contributed by atoms with van der Waals surface area (Å²) >= 11 is 0. The van der Waals surface area contributed by atoms with Gasteiger partial charge >= 0.3 is 0 Å². The first kappa shape index (κ1) is 20.1. The quantitative estimate of drug-likeness (QED) is 0.479. The lowest BCUT2D eigenvalue weighted by molar-refractivity contribution is -0.384. The topological polar surface area (TPSA) is 124 Å². The fraction of sp³-hybridized carbons (Fsp3) is 0.190. The van der Waals surface area contributed by atoms with Gasteiger partial charge in [0.2, 0.25) is 11.9 Å². The van der Waals surface area contributed by atoms with Gasteiger partial charge in [0.25, 0.3) is 11.2 Å². The molecule has 0 fully saturated rings. The van der Waals surface area contributed by atoms with E-state index in [1.807, 2.05) is 31.2 Å². The molecule has 0 saturated heterocycles. The highest BCUT2D eigenvalue weighted by Crippen LogP contribution is 2.28. The summed E-state index contributed by atoms with van der Waals surface area (Å²) in [7, 11) is 0. The Morgan fingerprint density at radius 1 is 1.23 bits per heavy atom. The summed E-state index contributed by atoms with van der Waals surface area (Å²) in [5, 5.41) is 17.4. The third-order valence-corrected chi connectivity index (χ3v) is 4.61. The molecule has 0 radical (unpaired) electrons. The molecule has 2 heterocycles. The monoisotopic (exact) mass is 420 g/mol. The zero-order valence-electron chi connectivity index (χ0n) is 16.9. The molecule has 4 rings (SSSR count). The second-order valence-electron chi connectivity index (χ2n) is 6.84. The number of nitro benzene ring substituents is 1. The van der Waals surface area contributed by atoms with Gasteiger partial charge in [-0.3, -0.25) is 24.8 Å². The second-order valence-corrected chi connectivity index (χ2v) is 6.84. The fourth-order valence-electron chi connectivity index (χ4n) is 3.27. The van der Waals surface area contributed by atoms with Gasteiger partial charge in [-0.1, -0.05) is 12.1 Å². The predicted molar refractivity (Wildman–Crippen MR) is 117 cm³/mol. The maximum atomic E-state index is 12.7. The highest BCUT2D eigenvalue weighted by atomic mass is 16.6. The van der Waals surface area contributed by atoms with Crippen LogP contribution in [0.15, 0.2) is 64.4 Å². The van der Waals surface area contributed by atoms with Gasteiger partial charge in [0, 0.05) is 35.1 Å². The molecule has 158 valence electrons. The SMILES string of the molecule is CCOc1ccc(NC2=NC(c3cccc([N+](=O)[O-])c3)n3c(nc(C)cc3=O)N2)cc1. The van der Waals surface area contributed by atoms with E-state index in [1.54, 1.807) is 19.1 Å². The number of fused-ring (bicyclic) bond motifs is 1. The number of hydrogen-bond acceptors (Lipinski definition) is 8. The number of hydrogen-bond donors (Lipinski definition) is 2.